The summed E-state index contributed by atoms with van der Waals surface area (Å²) in [6, 6.07) is 5.56. The SMILES string of the molecule is CCNC(=O)COc1cnc(-c2ccccn2)cn1. The monoisotopic (exact) mass is 258 g/mol. The minimum absolute atomic E-state index is 0.0640. The van der Waals surface area contributed by atoms with Crippen LogP contribution in [0.2, 0.25) is 0 Å². The third-order valence-electron chi connectivity index (χ3n) is 2.28. The zero-order valence-corrected chi connectivity index (χ0v) is 10.5. The van der Waals surface area contributed by atoms with Crippen LogP contribution in [0.15, 0.2) is 36.8 Å². The Labute approximate surface area is 110 Å². The quantitative estimate of drug-likeness (QED) is 0.867. The standard InChI is InChI=1S/C13H14N4O2/c1-2-14-12(18)9-19-13-8-16-11(7-17-13)10-5-3-4-6-15-10/h3-8H,2,9H2,1H3,(H,14,18). The Morgan fingerprint density at radius 1 is 1.21 bits per heavy atom. The molecule has 0 spiro atoms. The van der Waals surface area contributed by atoms with Gasteiger partial charge in [0, 0.05) is 12.7 Å². The molecule has 0 atom stereocenters. The van der Waals surface area contributed by atoms with Crippen molar-refractivity contribution in [1.29, 1.82) is 0 Å². The van der Waals surface area contributed by atoms with E-state index in [1.54, 1.807) is 12.4 Å². The van der Waals surface area contributed by atoms with Crippen LogP contribution < -0.4 is 10.1 Å². The largest absolute Gasteiger partial charge is 0.466 e. The molecule has 0 radical (unpaired) electrons. The van der Waals surface area contributed by atoms with Crippen LogP contribution in [0.3, 0.4) is 0 Å². The lowest BCUT2D eigenvalue weighted by Gasteiger charge is -2.05. The highest BCUT2D eigenvalue weighted by molar-refractivity contribution is 5.77. The molecule has 0 bridgehead atoms. The lowest BCUT2D eigenvalue weighted by Crippen LogP contribution is -2.28. The molecule has 2 rings (SSSR count). The van der Waals surface area contributed by atoms with Crippen molar-refractivity contribution in [3.63, 3.8) is 0 Å². The van der Waals surface area contributed by atoms with Crippen LogP contribution in [-0.4, -0.2) is 34.0 Å². The maximum absolute atomic E-state index is 11.2. The van der Waals surface area contributed by atoms with E-state index in [4.69, 9.17) is 4.74 Å². The molecule has 0 aromatic carbocycles. The molecule has 0 saturated carbocycles. The first-order chi connectivity index (χ1) is 9.29. The van der Waals surface area contributed by atoms with Gasteiger partial charge in [-0.25, -0.2) is 9.97 Å². The first-order valence-electron chi connectivity index (χ1n) is 5.92. The summed E-state index contributed by atoms with van der Waals surface area (Å²) < 4.78 is 5.21. The van der Waals surface area contributed by atoms with Crippen LogP contribution in [0.5, 0.6) is 5.88 Å². The molecule has 0 unspecified atom stereocenters. The van der Waals surface area contributed by atoms with Crippen molar-refractivity contribution in [2.75, 3.05) is 13.2 Å². The van der Waals surface area contributed by atoms with Crippen LogP contribution in [0, 0.1) is 0 Å². The van der Waals surface area contributed by atoms with Gasteiger partial charge in [-0.3, -0.25) is 9.78 Å². The number of amides is 1. The van der Waals surface area contributed by atoms with Crippen molar-refractivity contribution >= 4 is 5.91 Å². The average molecular weight is 258 g/mol. The molecule has 2 heterocycles. The molecule has 1 amide bonds. The van der Waals surface area contributed by atoms with Gasteiger partial charge < -0.3 is 10.1 Å². The summed E-state index contributed by atoms with van der Waals surface area (Å²) in [4.78, 5) is 23.7. The van der Waals surface area contributed by atoms with Gasteiger partial charge in [0.1, 0.15) is 5.69 Å². The van der Waals surface area contributed by atoms with E-state index >= 15 is 0 Å². The van der Waals surface area contributed by atoms with E-state index in [1.807, 2.05) is 25.1 Å². The fraction of sp³-hybridized carbons (Fsp3) is 0.231. The number of carbonyl (C=O) groups excluding carboxylic acids is 1. The number of rotatable bonds is 5. The Balaban J connectivity index is 1.97. The van der Waals surface area contributed by atoms with Crippen LogP contribution in [-0.2, 0) is 4.79 Å². The summed E-state index contributed by atoms with van der Waals surface area (Å²) in [5.74, 6) is 0.129. The highest BCUT2D eigenvalue weighted by Gasteiger charge is 2.04. The molecule has 0 fully saturated rings. The van der Waals surface area contributed by atoms with Crippen molar-refractivity contribution in [3.8, 4) is 17.3 Å². The number of hydrogen-bond donors (Lipinski definition) is 1. The Morgan fingerprint density at radius 3 is 2.74 bits per heavy atom. The third-order valence-corrected chi connectivity index (χ3v) is 2.28. The summed E-state index contributed by atoms with van der Waals surface area (Å²) in [5, 5.41) is 2.63. The maximum atomic E-state index is 11.2. The summed E-state index contributed by atoms with van der Waals surface area (Å²) in [6.07, 6.45) is 4.73. The molecular formula is C13H14N4O2. The normalized spacial score (nSPS) is 9.95. The van der Waals surface area contributed by atoms with Crippen molar-refractivity contribution in [2.24, 2.45) is 0 Å². The number of hydrogen-bond acceptors (Lipinski definition) is 5. The molecule has 6 nitrogen and oxygen atoms in total. The van der Waals surface area contributed by atoms with Gasteiger partial charge in [-0.1, -0.05) is 6.07 Å². The summed E-state index contributed by atoms with van der Waals surface area (Å²) in [7, 11) is 0. The molecule has 0 aliphatic carbocycles. The van der Waals surface area contributed by atoms with Crippen LogP contribution >= 0.6 is 0 Å². The van der Waals surface area contributed by atoms with Crippen molar-refractivity contribution in [1.82, 2.24) is 20.3 Å². The molecule has 2 aromatic heterocycles. The molecule has 0 aliphatic rings. The smallest absolute Gasteiger partial charge is 0.257 e. The van der Waals surface area contributed by atoms with E-state index < -0.39 is 0 Å². The van der Waals surface area contributed by atoms with Gasteiger partial charge in [-0.15, -0.1) is 0 Å². The number of ether oxygens (including phenoxy) is 1. The number of carbonyl (C=O) groups is 1. The van der Waals surface area contributed by atoms with E-state index in [0.29, 0.717) is 18.1 Å². The molecule has 19 heavy (non-hydrogen) atoms. The Hall–Kier alpha value is -2.50. The van der Waals surface area contributed by atoms with Gasteiger partial charge in [0.2, 0.25) is 5.88 Å². The van der Waals surface area contributed by atoms with Gasteiger partial charge in [-0.2, -0.15) is 0 Å². The van der Waals surface area contributed by atoms with E-state index in [0.717, 1.165) is 5.69 Å². The van der Waals surface area contributed by atoms with Gasteiger partial charge in [0.15, 0.2) is 6.61 Å². The van der Waals surface area contributed by atoms with Crippen molar-refractivity contribution in [3.05, 3.63) is 36.8 Å². The lowest BCUT2D eigenvalue weighted by atomic mass is 10.3. The van der Waals surface area contributed by atoms with Crippen molar-refractivity contribution < 1.29 is 9.53 Å². The number of pyridine rings is 1. The van der Waals surface area contributed by atoms with Gasteiger partial charge in [0.05, 0.1) is 18.1 Å². The zero-order chi connectivity index (χ0) is 13.5. The fourth-order valence-corrected chi connectivity index (χ4v) is 1.42. The van der Waals surface area contributed by atoms with E-state index in [9.17, 15) is 4.79 Å². The van der Waals surface area contributed by atoms with E-state index in [1.165, 1.54) is 6.20 Å². The Bertz CT molecular complexity index is 528. The molecule has 6 heteroatoms. The predicted molar refractivity (Wildman–Crippen MR) is 69.4 cm³/mol. The maximum Gasteiger partial charge on any atom is 0.257 e. The topological polar surface area (TPSA) is 77.0 Å². The van der Waals surface area contributed by atoms with Crippen LogP contribution in [0.25, 0.3) is 11.4 Å². The van der Waals surface area contributed by atoms with E-state index in [2.05, 4.69) is 20.3 Å². The zero-order valence-electron chi connectivity index (χ0n) is 10.5. The second-order valence-corrected chi connectivity index (χ2v) is 3.70. The summed E-state index contributed by atoms with van der Waals surface area (Å²) in [6.45, 7) is 2.36. The van der Waals surface area contributed by atoms with Gasteiger partial charge in [-0.05, 0) is 19.1 Å². The Morgan fingerprint density at radius 2 is 2.11 bits per heavy atom. The number of nitrogens with zero attached hydrogens (tertiary/aromatic N) is 3. The third kappa shape index (κ3) is 3.74. The summed E-state index contributed by atoms with van der Waals surface area (Å²) in [5.41, 5.74) is 1.40. The molecule has 0 aliphatic heterocycles. The minimum atomic E-state index is -0.182. The highest BCUT2D eigenvalue weighted by atomic mass is 16.5. The molecule has 2 aromatic rings. The second kappa shape index (κ2) is 6.44. The first kappa shape index (κ1) is 12.9. The van der Waals surface area contributed by atoms with Crippen LogP contribution in [0.1, 0.15) is 6.92 Å². The molecule has 0 saturated heterocycles. The first-order valence-corrected chi connectivity index (χ1v) is 5.92. The number of aromatic nitrogens is 3. The van der Waals surface area contributed by atoms with Gasteiger partial charge >= 0.3 is 0 Å². The fourth-order valence-electron chi connectivity index (χ4n) is 1.42. The summed E-state index contributed by atoms with van der Waals surface area (Å²) >= 11 is 0. The highest BCUT2D eigenvalue weighted by Crippen LogP contribution is 2.13. The molecule has 98 valence electrons. The minimum Gasteiger partial charge on any atom is -0.466 e. The van der Waals surface area contributed by atoms with Crippen LogP contribution in [0.4, 0.5) is 0 Å². The second-order valence-electron chi connectivity index (χ2n) is 3.70. The molecule has 1 N–H and O–H groups in total. The Kier molecular flexibility index (Phi) is 4.39. The predicted octanol–water partition coefficient (Wildman–Crippen LogP) is 1.05. The van der Waals surface area contributed by atoms with E-state index in [-0.39, 0.29) is 12.5 Å². The lowest BCUT2D eigenvalue weighted by molar-refractivity contribution is -0.123. The van der Waals surface area contributed by atoms with Crippen molar-refractivity contribution in [2.45, 2.75) is 6.92 Å². The number of nitrogens with one attached hydrogen (secondary N) is 1. The molecular weight excluding hydrogens is 244 g/mol. The van der Waals surface area contributed by atoms with Gasteiger partial charge in [0.25, 0.3) is 5.91 Å². The number of likely N-dealkylation sites (N-methyl/N-ethyl adjacent to an activating group) is 1. The average Bonchev–Trinajstić information content (AvgIpc) is 2.47.